The lowest BCUT2D eigenvalue weighted by atomic mass is 9.74. The van der Waals surface area contributed by atoms with Crippen LogP contribution in [0.1, 0.15) is 38.3 Å². The van der Waals surface area contributed by atoms with Crippen molar-refractivity contribution < 1.29 is 0 Å². The van der Waals surface area contributed by atoms with Gasteiger partial charge in [0.2, 0.25) is 0 Å². The number of thiocarbonyl (C=S) groups is 1. The molecule has 3 fully saturated rings. The van der Waals surface area contributed by atoms with E-state index in [4.69, 9.17) is 17.3 Å². The average molecular weight is 462 g/mol. The highest BCUT2D eigenvalue weighted by molar-refractivity contribution is 7.80. The smallest absolute Gasteiger partial charge is 0.166 e. The Morgan fingerprint density at radius 3 is 2.70 bits per heavy atom. The molecule has 33 heavy (non-hydrogen) atoms. The summed E-state index contributed by atoms with van der Waals surface area (Å²) in [5.41, 5.74) is 3.64. The van der Waals surface area contributed by atoms with E-state index in [1.165, 1.54) is 41.4 Å². The highest BCUT2D eigenvalue weighted by Crippen LogP contribution is 2.42. The zero-order valence-electron chi connectivity index (χ0n) is 19.9. The fourth-order valence-electron chi connectivity index (χ4n) is 5.57. The second kappa shape index (κ2) is 9.43. The van der Waals surface area contributed by atoms with Crippen LogP contribution in [0.5, 0.6) is 0 Å². The zero-order valence-corrected chi connectivity index (χ0v) is 20.7. The Balaban J connectivity index is 1.26. The van der Waals surface area contributed by atoms with Crippen LogP contribution in [0.2, 0.25) is 0 Å². The maximum atomic E-state index is 5.47. The van der Waals surface area contributed by atoms with E-state index >= 15 is 0 Å². The quantitative estimate of drug-likeness (QED) is 0.528. The molecule has 3 aliphatic rings. The molecular formula is C27H35N5S. The maximum absolute atomic E-state index is 5.47. The number of hydrogen-bond donors (Lipinski definition) is 2. The molecule has 1 unspecified atom stereocenters. The van der Waals surface area contributed by atoms with Crippen molar-refractivity contribution in [1.29, 1.82) is 0 Å². The van der Waals surface area contributed by atoms with Gasteiger partial charge in [0.15, 0.2) is 5.11 Å². The number of piperidine rings is 3. The van der Waals surface area contributed by atoms with Crippen LogP contribution in [-0.2, 0) is 7.05 Å². The fraction of sp³-hybridized carbons (Fsp3) is 0.481. The van der Waals surface area contributed by atoms with E-state index in [0.29, 0.717) is 23.8 Å². The van der Waals surface area contributed by atoms with Crippen LogP contribution in [-0.4, -0.2) is 52.0 Å². The Bertz CT molecular complexity index is 1140. The van der Waals surface area contributed by atoms with Gasteiger partial charge in [0.1, 0.15) is 0 Å². The highest BCUT2D eigenvalue weighted by Gasteiger charge is 2.41. The third-order valence-electron chi connectivity index (χ3n) is 7.39. The molecule has 3 saturated heterocycles. The first-order valence-electron chi connectivity index (χ1n) is 12.3. The van der Waals surface area contributed by atoms with Gasteiger partial charge in [-0.1, -0.05) is 50.2 Å². The Kier molecular flexibility index (Phi) is 6.39. The van der Waals surface area contributed by atoms with Crippen molar-refractivity contribution in [1.82, 2.24) is 25.3 Å². The monoisotopic (exact) mass is 461 g/mol. The number of hydrogen-bond acceptors (Lipinski definition) is 3. The normalized spacial score (nSPS) is 24.4. The minimum atomic E-state index is 0.549. The van der Waals surface area contributed by atoms with Gasteiger partial charge in [0.05, 0.1) is 5.69 Å². The maximum Gasteiger partial charge on any atom is 0.166 e. The van der Waals surface area contributed by atoms with Crippen LogP contribution in [0.15, 0.2) is 48.5 Å². The van der Waals surface area contributed by atoms with Gasteiger partial charge in [-0.3, -0.25) is 9.58 Å². The summed E-state index contributed by atoms with van der Waals surface area (Å²) in [6, 6.07) is 18.1. The van der Waals surface area contributed by atoms with Crippen LogP contribution in [0.25, 0.3) is 22.0 Å². The van der Waals surface area contributed by atoms with Gasteiger partial charge >= 0.3 is 0 Å². The predicted molar refractivity (Wildman–Crippen MR) is 140 cm³/mol. The summed E-state index contributed by atoms with van der Waals surface area (Å²) in [7, 11) is 2.11. The van der Waals surface area contributed by atoms with E-state index < -0.39 is 0 Å². The van der Waals surface area contributed by atoms with Crippen LogP contribution < -0.4 is 10.6 Å². The second-order valence-electron chi connectivity index (χ2n) is 10.2. The van der Waals surface area contributed by atoms with E-state index in [1.807, 2.05) is 0 Å². The molecule has 2 N–H and O–H groups in total. The summed E-state index contributed by atoms with van der Waals surface area (Å²) < 4.78 is 2.12. The third kappa shape index (κ3) is 4.78. The standard InChI is InChI=1S/C27H35N5S/c1-18(2)15-28-27(33)29-16-23-13-21-10-11-32(23)17-24(21)26-14-25(30-31(26)3)22-9-8-19-6-4-5-7-20(19)12-22/h4-9,12,14,18,21,23-24H,10-11,13,15-17H2,1-3H3,(H2,28,29,33)/t21-,23-,24+/m1/s1. The SMILES string of the molecule is CC(C)CNC(=S)NC[C@H]1C[C@H]2CCN1C[C@@H]2c1cc(-c2ccc3ccccc3c2)nn1C. The van der Waals surface area contributed by atoms with Crippen LogP contribution in [0.4, 0.5) is 0 Å². The van der Waals surface area contributed by atoms with Gasteiger partial charge < -0.3 is 10.6 Å². The van der Waals surface area contributed by atoms with Gasteiger partial charge in [0.25, 0.3) is 0 Å². The lowest BCUT2D eigenvalue weighted by Crippen LogP contribution is -2.56. The average Bonchev–Trinajstić information content (AvgIpc) is 3.22. The molecule has 5 nitrogen and oxygen atoms in total. The van der Waals surface area contributed by atoms with E-state index in [0.717, 1.165) is 30.4 Å². The number of aromatic nitrogens is 2. The Labute approximate surface area is 202 Å². The van der Waals surface area contributed by atoms with Gasteiger partial charge in [-0.2, -0.15) is 5.10 Å². The summed E-state index contributed by atoms with van der Waals surface area (Å²) in [5.74, 6) is 1.85. The molecular weight excluding hydrogens is 426 g/mol. The highest BCUT2D eigenvalue weighted by atomic mass is 32.1. The fourth-order valence-corrected chi connectivity index (χ4v) is 5.74. The first kappa shape index (κ1) is 22.4. The van der Waals surface area contributed by atoms with Gasteiger partial charge in [-0.15, -0.1) is 0 Å². The largest absolute Gasteiger partial charge is 0.362 e. The van der Waals surface area contributed by atoms with E-state index in [1.54, 1.807) is 0 Å². The van der Waals surface area contributed by atoms with Crippen molar-refractivity contribution in [3.63, 3.8) is 0 Å². The first-order valence-corrected chi connectivity index (χ1v) is 12.7. The lowest BCUT2D eigenvalue weighted by molar-refractivity contribution is 0.0303. The molecule has 1 aromatic heterocycles. The lowest BCUT2D eigenvalue weighted by Gasteiger charge is -2.50. The van der Waals surface area contributed by atoms with Crippen molar-refractivity contribution in [2.75, 3.05) is 26.2 Å². The molecule has 2 bridgehead atoms. The van der Waals surface area contributed by atoms with E-state index in [9.17, 15) is 0 Å². The molecule has 4 heterocycles. The summed E-state index contributed by atoms with van der Waals surface area (Å²) in [6.45, 7) is 8.55. The van der Waals surface area contributed by atoms with Gasteiger partial charge in [-0.25, -0.2) is 0 Å². The summed E-state index contributed by atoms with van der Waals surface area (Å²) in [4.78, 5) is 2.66. The molecule has 0 radical (unpaired) electrons. The molecule has 2 aromatic carbocycles. The Hall–Kier alpha value is -2.44. The van der Waals surface area contributed by atoms with Crippen molar-refractivity contribution >= 4 is 28.1 Å². The summed E-state index contributed by atoms with van der Waals surface area (Å²) in [5, 5.41) is 15.0. The van der Waals surface area contributed by atoms with Crippen molar-refractivity contribution in [2.45, 2.75) is 38.6 Å². The summed E-state index contributed by atoms with van der Waals surface area (Å²) >= 11 is 5.47. The zero-order chi connectivity index (χ0) is 22.9. The topological polar surface area (TPSA) is 45.1 Å². The van der Waals surface area contributed by atoms with E-state index in [2.05, 4.69) is 89.6 Å². The number of benzene rings is 2. The third-order valence-corrected chi connectivity index (χ3v) is 7.68. The van der Waals surface area contributed by atoms with Crippen LogP contribution >= 0.6 is 12.2 Å². The second-order valence-corrected chi connectivity index (χ2v) is 10.6. The number of rotatable bonds is 6. The molecule has 0 saturated carbocycles. The van der Waals surface area contributed by atoms with Gasteiger partial charge in [0, 0.05) is 49.9 Å². The Morgan fingerprint density at radius 2 is 1.94 bits per heavy atom. The number of fused-ring (bicyclic) bond motifs is 4. The number of nitrogens with zero attached hydrogens (tertiary/aromatic N) is 3. The molecule has 0 aliphatic carbocycles. The molecule has 3 aliphatic heterocycles. The van der Waals surface area contributed by atoms with Crippen molar-refractivity contribution in [2.24, 2.45) is 18.9 Å². The van der Waals surface area contributed by atoms with Gasteiger partial charge in [-0.05, 0) is 66.3 Å². The predicted octanol–water partition coefficient (Wildman–Crippen LogP) is 4.54. The molecule has 3 aromatic rings. The first-order chi connectivity index (χ1) is 16.0. The summed E-state index contributed by atoms with van der Waals surface area (Å²) in [6.07, 6.45) is 2.49. The van der Waals surface area contributed by atoms with Crippen molar-refractivity contribution in [3.05, 3.63) is 54.2 Å². The molecule has 4 atom stereocenters. The van der Waals surface area contributed by atoms with Crippen LogP contribution in [0.3, 0.4) is 0 Å². The van der Waals surface area contributed by atoms with Crippen molar-refractivity contribution in [3.8, 4) is 11.3 Å². The number of aryl methyl sites for hydroxylation is 1. The van der Waals surface area contributed by atoms with E-state index in [-0.39, 0.29) is 0 Å². The Morgan fingerprint density at radius 1 is 1.12 bits per heavy atom. The number of nitrogens with one attached hydrogen (secondary N) is 2. The van der Waals surface area contributed by atoms with Crippen LogP contribution in [0, 0.1) is 11.8 Å². The molecule has 6 rings (SSSR count). The minimum Gasteiger partial charge on any atom is -0.362 e. The molecule has 6 heteroatoms. The molecule has 0 spiro atoms. The molecule has 174 valence electrons. The minimum absolute atomic E-state index is 0.549. The molecule has 0 amide bonds.